The zero-order chi connectivity index (χ0) is 18.2. The molecule has 0 radical (unpaired) electrons. The van der Waals surface area contributed by atoms with E-state index in [4.69, 9.17) is 4.74 Å². The van der Waals surface area contributed by atoms with Gasteiger partial charge >= 0.3 is 6.09 Å². The number of carbonyl (C=O) groups excluding carboxylic acids is 1. The maximum Gasteiger partial charge on any atom is 0.407 e. The van der Waals surface area contributed by atoms with Crippen molar-refractivity contribution in [1.29, 1.82) is 0 Å². The summed E-state index contributed by atoms with van der Waals surface area (Å²) in [6.07, 6.45) is 1.82. The summed E-state index contributed by atoms with van der Waals surface area (Å²) in [5, 5.41) is 9.25. The number of aliphatic imine (C=N–C) groups is 1. The van der Waals surface area contributed by atoms with Crippen LogP contribution in [0.4, 0.5) is 9.18 Å². The maximum absolute atomic E-state index is 13.6. The van der Waals surface area contributed by atoms with E-state index in [1.807, 2.05) is 6.07 Å². The van der Waals surface area contributed by atoms with E-state index in [9.17, 15) is 9.18 Å². The molecular formula is C18H28FIN4O2. The van der Waals surface area contributed by atoms with Gasteiger partial charge in [0.25, 0.3) is 0 Å². The first-order valence-electron chi connectivity index (χ1n) is 8.66. The van der Waals surface area contributed by atoms with E-state index in [2.05, 4.69) is 20.9 Å². The van der Waals surface area contributed by atoms with Crippen LogP contribution in [0.3, 0.4) is 0 Å². The van der Waals surface area contributed by atoms with Crippen LogP contribution in [0.2, 0.25) is 0 Å². The van der Waals surface area contributed by atoms with Crippen LogP contribution >= 0.6 is 24.0 Å². The van der Waals surface area contributed by atoms with Gasteiger partial charge in [0, 0.05) is 20.1 Å². The lowest BCUT2D eigenvalue weighted by molar-refractivity contribution is 0.146. The molecule has 8 heteroatoms. The Morgan fingerprint density at radius 2 is 2.12 bits per heavy atom. The van der Waals surface area contributed by atoms with Crippen LogP contribution < -0.4 is 16.0 Å². The second-order valence-electron chi connectivity index (χ2n) is 6.20. The second-order valence-corrected chi connectivity index (χ2v) is 6.20. The number of halogens is 2. The quantitative estimate of drug-likeness (QED) is 0.320. The fourth-order valence-electron chi connectivity index (χ4n) is 2.52. The monoisotopic (exact) mass is 478 g/mol. The van der Waals surface area contributed by atoms with Crippen molar-refractivity contribution in [2.75, 3.05) is 20.2 Å². The largest absolute Gasteiger partial charge is 0.450 e. The first-order valence-corrected chi connectivity index (χ1v) is 8.66. The van der Waals surface area contributed by atoms with Crippen LogP contribution in [-0.4, -0.2) is 38.3 Å². The molecule has 6 nitrogen and oxygen atoms in total. The van der Waals surface area contributed by atoms with Crippen molar-refractivity contribution in [3.05, 3.63) is 35.1 Å². The number of carbonyl (C=O) groups is 1. The third-order valence-corrected chi connectivity index (χ3v) is 4.18. The van der Waals surface area contributed by atoms with E-state index < -0.39 is 0 Å². The molecule has 2 rings (SSSR count). The fourth-order valence-corrected chi connectivity index (χ4v) is 2.52. The summed E-state index contributed by atoms with van der Waals surface area (Å²) in [5.74, 6) is 0.869. The van der Waals surface area contributed by atoms with E-state index >= 15 is 0 Å². The van der Waals surface area contributed by atoms with Gasteiger partial charge in [-0.2, -0.15) is 0 Å². The van der Waals surface area contributed by atoms with E-state index in [0.717, 1.165) is 18.4 Å². The smallest absolute Gasteiger partial charge is 0.407 e. The number of guanidine groups is 1. The van der Waals surface area contributed by atoms with E-state index in [1.54, 1.807) is 27.0 Å². The molecule has 1 aliphatic carbocycles. The maximum atomic E-state index is 13.6. The molecule has 26 heavy (non-hydrogen) atoms. The van der Waals surface area contributed by atoms with Crippen LogP contribution in [0, 0.1) is 18.7 Å². The summed E-state index contributed by atoms with van der Waals surface area (Å²) < 4.78 is 18.5. The molecule has 0 heterocycles. The summed E-state index contributed by atoms with van der Waals surface area (Å²) >= 11 is 0. The molecule has 0 saturated heterocycles. The Balaban J connectivity index is 0.00000338. The topological polar surface area (TPSA) is 74.8 Å². The Hall–Kier alpha value is -1.58. The Morgan fingerprint density at radius 1 is 1.38 bits per heavy atom. The number of rotatable bonds is 7. The summed E-state index contributed by atoms with van der Waals surface area (Å²) in [6, 6.07) is 5.17. The van der Waals surface area contributed by atoms with Gasteiger partial charge in [0.2, 0.25) is 0 Å². The molecule has 1 aromatic rings. The fraction of sp³-hybridized carbons (Fsp3) is 0.556. The number of nitrogens with one attached hydrogen (secondary N) is 3. The molecule has 1 unspecified atom stereocenters. The summed E-state index contributed by atoms with van der Waals surface area (Å²) in [4.78, 5) is 15.8. The minimum atomic E-state index is -0.390. The molecule has 1 atom stereocenters. The van der Waals surface area contributed by atoms with Crippen molar-refractivity contribution >= 4 is 36.0 Å². The molecule has 0 bridgehead atoms. The molecule has 1 aliphatic rings. The van der Waals surface area contributed by atoms with E-state index in [1.165, 1.54) is 6.07 Å². The number of ether oxygens (including phenoxy) is 1. The molecule has 1 saturated carbocycles. The van der Waals surface area contributed by atoms with Crippen molar-refractivity contribution < 1.29 is 13.9 Å². The second kappa shape index (κ2) is 11.2. The molecule has 146 valence electrons. The third-order valence-electron chi connectivity index (χ3n) is 4.18. The van der Waals surface area contributed by atoms with Gasteiger partial charge in [0.05, 0.1) is 12.6 Å². The highest BCUT2D eigenvalue weighted by molar-refractivity contribution is 14.0. The molecule has 1 aromatic carbocycles. The standard InChI is InChI=1S/C18H27FN4O2.HI/c1-4-25-18(24)23-16(14-7-8-14)11-22-17(20-3)21-10-13-6-5-12(2)15(19)9-13;/h5-6,9,14,16H,4,7-8,10-11H2,1-3H3,(H,23,24)(H2,20,21,22);1H. The number of amides is 1. The summed E-state index contributed by atoms with van der Waals surface area (Å²) in [6.45, 7) is 4.90. The number of nitrogens with zero attached hydrogens (tertiary/aromatic N) is 1. The SMILES string of the molecule is CCOC(=O)NC(CNC(=NC)NCc1ccc(C)c(F)c1)C1CC1.I. The Bertz CT molecular complexity index is 623. The van der Waals surface area contributed by atoms with Crippen LogP contribution in [0.15, 0.2) is 23.2 Å². The first-order chi connectivity index (χ1) is 12.0. The minimum Gasteiger partial charge on any atom is -0.450 e. The Morgan fingerprint density at radius 3 is 2.69 bits per heavy atom. The zero-order valence-corrected chi connectivity index (χ0v) is 17.8. The van der Waals surface area contributed by atoms with Crippen LogP contribution in [-0.2, 0) is 11.3 Å². The normalized spacial score (nSPS) is 14.8. The minimum absolute atomic E-state index is 0. The average Bonchev–Trinajstić information content (AvgIpc) is 3.42. The van der Waals surface area contributed by atoms with Gasteiger partial charge < -0.3 is 20.7 Å². The van der Waals surface area contributed by atoms with Crippen LogP contribution in [0.5, 0.6) is 0 Å². The summed E-state index contributed by atoms with van der Waals surface area (Å²) in [5.41, 5.74) is 1.47. The van der Waals surface area contributed by atoms with E-state index in [-0.39, 0.29) is 41.9 Å². The lowest BCUT2D eigenvalue weighted by Crippen LogP contribution is -2.48. The van der Waals surface area contributed by atoms with Gasteiger partial charge in [-0.1, -0.05) is 12.1 Å². The Kier molecular flexibility index (Phi) is 9.68. The van der Waals surface area contributed by atoms with Crippen molar-refractivity contribution in [1.82, 2.24) is 16.0 Å². The molecule has 1 amide bonds. The Labute approximate surface area is 171 Å². The number of hydrogen-bond donors (Lipinski definition) is 3. The van der Waals surface area contributed by atoms with Gasteiger partial charge in [-0.3, -0.25) is 4.99 Å². The number of benzene rings is 1. The van der Waals surface area contributed by atoms with Crippen LogP contribution in [0.25, 0.3) is 0 Å². The predicted octanol–water partition coefficient (Wildman–Crippen LogP) is 2.94. The van der Waals surface area contributed by atoms with Gasteiger partial charge in [0.1, 0.15) is 5.82 Å². The number of hydrogen-bond acceptors (Lipinski definition) is 3. The molecule has 3 N–H and O–H groups in total. The van der Waals surface area contributed by atoms with Crippen molar-refractivity contribution in [3.63, 3.8) is 0 Å². The average molecular weight is 478 g/mol. The summed E-state index contributed by atoms with van der Waals surface area (Å²) in [7, 11) is 1.68. The van der Waals surface area contributed by atoms with Crippen LogP contribution in [0.1, 0.15) is 30.9 Å². The third kappa shape index (κ3) is 7.35. The predicted molar refractivity (Wildman–Crippen MR) is 111 cm³/mol. The molecule has 0 aliphatic heterocycles. The lowest BCUT2D eigenvalue weighted by Gasteiger charge is -2.20. The zero-order valence-electron chi connectivity index (χ0n) is 15.5. The first kappa shape index (κ1) is 22.5. The van der Waals surface area contributed by atoms with Gasteiger partial charge in [-0.05, 0) is 49.8 Å². The molecule has 0 spiro atoms. The van der Waals surface area contributed by atoms with Crippen molar-refractivity contribution in [3.8, 4) is 0 Å². The number of alkyl carbamates (subject to hydrolysis) is 1. The highest BCUT2D eigenvalue weighted by atomic mass is 127. The molecule has 1 fully saturated rings. The van der Waals surface area contributed by atoms with Crippen molar-refractivity contribution in [2.24, 2.45) is 10.9 Å². The molecule has 0 aromatic heterocycles. The van der Waals surface area contributed by atoms with E-state index in [0.29, 0.717) is 37.1 Å². The van der Waals surface area contributed by atoms with Gasteiger partial charge in [-0.25, -0.2) is 9.18 Å². The van der Waals surface area contributed by atoms with Gasteiger partial charge in [0.15, 0.2) is 5.96 Å². The molecular weight excluding hydrogens is 450 g/mol. The van der Waals surface area contributed by atoms with Crippen molar-refractivity contribution in [2.45, 2.75) is 39.3 Å². The highest BCUT2D eigenvalue weighted by Crippen LogP contribution is 2.32. The number of aryl methyl sites for hydroxylation is 1. The van der Waals surface area contributed by atoms with Gasteiger partial charge in [-0.15, -0.1) is 24.0 Å². The highest BCUT2D eigenvalue weighted by Gasteiger charge is 2.32. The lowest BCUT2D eigenvalue weighted by atomic mass is 10.1.